The first-order valence-corrected chi connectivity index (χ1v) is 10.5. The summed E-state index contributed by atoms with van der Waals surface area (Å²) in [5.41, 5.74) is 0.787. The predicted molar refractivity (Wildman–Crippen MR) is 114 cm³/mol. The van der Waals surface area contributed by atoms with Gasteiger partial charge in [-0.2, -0.15) is 0 Å². The fraction of sp³-hybridized carbons (Fsp3) is 0.636. The van der Waals surface area contributed by atoms with E-state index in [0.717, 1.165) is 57.5 Å². The van der Waals surface area contributed by atoms with Gasteiger partial charge in [-0.1, -0.05) is 19.3 Å². The summed E-state index contributed by atoms with van der Waals surface area (Å²) in [6, 6.07) is 8.11. The van der Waals surface area contributed by atoms with Crippen molar-refractivity contribution in [1.29, 1.82) is 0 Å². The highest BCUT2D eigenvalue weighted by Crippen LogP contribution is 2.24. The number of hydrogen-bond acceptors (Lipinski definition) is 4. The average Bonchev–Trinajstić information content (AvgIpc) is 2.70. The Morgan fingerprint density at radius 1 is 0.929 bits per heavy atom. The van der Waals surface area contributed by atoms with Crippen molar-refractivity contribution in [2.24, 2.45) is 5.41 Å². The fourth-order valence-electron chi connectivity index (χ4n) is 3.82. The monoisotopic (exact) mass is 386 g/mol. The highest BCUT2D eigenvalue weighted by atomic mass is 16.2. The molecular formula is C22H34N4O2. The molecule has 28 heavy (non-hydrogen) atoms. The minimum Gasteiger partial charge on any atom is -0.369 e. The molecule has 0 spiro atoms. The molecule has 1 aromatic carbocycles. The van der Waals surface area contributed by atoms with Crippen molar-refractivity contribution in [2.75, 3.05) is 43.4 Å². The summed E-state index contributed by atoms with van der Waals surface area (Å²) >= 11 is 0. The number of benzene rings is 1. The van der Waals surface area contributed by atoms with Gasteiger partial charge in [0.15, 0.2) is 0 Å². The molecule has 2 aliphatic rings. The Balaban J connectivity index is 1.55. The molecule has 2 amide bonds. The predicted octanol–water partition coefficient (Wildman–Crippen LogP) is 2.85. The second kappa shape index (κ2) is 8.95. The molecule has 1 aliphatic heterocycles. The quantitative estimate of drug-likeness (QED) is 0.764. The van der Waals surface area contributed by atoms with Gasteiger partial charge in [0.1, 0.15) is 5.41 Å². The summed E-state index contributed by atoms with van der Waals surface area (Å²) in [5, 5.41) is 5.98. The Bertz CT molecular complexity index is 672. The fourth-order valence-corrected chi connectivity index (χ4v) is 3.82. The van der Waals surface area contributed by atoms with Crippen LogP contribution < -0.4 is 15.5 Å². The van der Waals surface area contributed by atoms with Gasteiger partial charge in [-0.05, 0) is 58.0 Å². The van der Waals surface area contributed by atoms with Gasteiger partial charge >= 0.3 is 0 Å². The average molecular weight is 387 g/mol. The van der Waals surface area contributed by atoms with Crippen LogP contribution in [0.15, 0.2) is 24.3 Å². The van der Waals surface area contributed by atoms with Crippen molar-refractivity contribution in [2.45, 2.75) is 52.0 Å². The van der Waals surface area contributed by atoms with Crippen molar-refractivity contribution in [3.05, 3.63) is 24.3 Å². The van der Waals surface area contributed by atoms with Crippen LogP contribution in [-0.4, -0.2) is 56.0 Å². The van der Waals surface area contributed by atoms with E-state index in [1.54, 1.807) is 13.8 Å². The first-order chi connectivity index (χ1) is 13.4. The van der Waals surface area contributed by atoms with Crippen LogP contribution >= 0.6 is 0 Å². The van der Waals surface area contributed by atoms with Crippen LogP contribution in [0, 0.1) is 5.41 Å². The summed E-state index contributed by atoms with van der Waals surface area (Å²) in [6.07, 6.45) is 5.56. The van der Waals surface area contributed by atoms with E-state index in [9.17, 15) is 9.59 Å². The topological polar surface area (TPSA) is 64.7 Å². The van der Waals surface area contributed by atoms with Crippen LogP contribution in [-0.2, 0) is 9.59 Å². The number of hydrogen-bond donors (Lipinski definition) is 2. The lowest BCUT2D eigenvalue weighted by Crippen LogP contribution is -2.49. The Morgan fingerprint density at radius 2 is 1.54 bits per heavy atom. The molecule has 6 heteroatoms. The molecule has 0 unspecified atom stereocenters. The van der Waals surface area contributed by atoms with Crippen LogP contribution in [0.1, 0.15) is 46.0 Å². The third kappa shape index (κ3) is 5.04. The standard InChI is InChI=1S/C22H34N4O2/c1-22(2,20(27)23-17-7-5-4-6-8-17)21(28)24-18-9-11-19(12-10-18)26-15-13-25(3)14-16-26/h9-12,17H,4-8,13-16H2,1-3H3,(H,23,27)(H,24,28). The maximum atomic E-state index is 12.8. The molecular weight excluding hydrogens is 352 g/mol. The SMILES string of the molecule is CN1CCN(c2ccc(NC(=O)C(C)(C)C(=O)NC3CCCCC3)cc2)CC1. The number of likely N-dealkylation sites (N-methyl/N-ethyl adjacent to an activating group) is 1. The van der Waals surface area contributed by atoms with E-state index >= 15 is 0 Å². The maximum Gasteiger partial charge on any atom is 0.239 e. The number of nitrogens with zero attached hydrogens (tertiary/aromatic N) is 2. The van der Waals surface area contributed by atoms with E-state index in [0.29, 0.717) is 0 Å². The number of anilines is 2. The third-order valence-electron chi connectivity index (χ3n) is 6.07. The number of amides is 2. The molecule has 1 heterocycles. The first-order valence-electron chi connectivity index (χ1n) is 10.5. The summed E-state index contributed by atoms with van der Waals surface area (Å²) in [5.74, 6) is -0.459. The summed E-state index contributed by atoms with van der Waals surface area (Å²) < 4.78 is 0. The van der Waals surface area contributed by atoms with Gasteiger partial charge in [0, 0.05) is 43.6 Å². The number of carbonyl (C=O) groups is 2. The third-order valence-corrected chi connectivity index (χ3v) is 6.07. The van der Waals surface area contributed by atoms with E-state index in [4.69, 9.17) is 0 Å². The maximum absolute atomic E-state index is 12.8. The molecule has 1 aromatic rings. The van der Waals surface area contributed by atoms with Gasteiger partial charge in [-0.3, -0.25) is 9.59 Å². The van der Waals surface area contributed by atoms with E-state index in [2.05, 4.69) is 27.5 Å². The smallest absolute Gasteiger partial charge is 0.239 e. The van der Waals surface area contributed by atoms with Gasteiger partial charge in [0.05, 0.1) is 0 Å². The molecule has 1 saturated carbocycles. The minimum absolute atomic E-state index is 0.189. The molecule has 0 bridgehead atoms. The molecule has 2 fully saturated rings. The van der Waals surface area contributed by atoms with Crippen LogP contribution in [0.2, 0.25) is 0 Å². The lowest BCUT2D eigenvalue weighted by molar-refractivity contribution is -0.139. The van der Waals surface area contributed by atoms with E-state index < -0.39 is 5.41 Å². The van der Waals surface area contributed by atoms with Gasteiger partial charge < -0.3 is 20.4 Å². The summed E-state index contributed by atoms with van der Waals surface area (Å²) in [7, 11) is 2.14. The summed E-state index contributed by atoms with van der Waals surface area (Å²) in [4.78, 5) is 30.1. The van der Waals surface area contributed by atoms with Crippen LogP contribution in [0.4, 0.5) is 11.4 Å². The van der Waals surface area contributed by atoms with Gasteiger partial charge in [0.2, 0.25) is 11.8 Å². The zero-order chi connectivity index (χ0) is 20.1. The van der Waals surface area contributed by atoms with Crippen LogP contribution in [0.3, 0.4) is 0 Å². The number of rotatable bonds is 5. The second-order valence-electron chi connectivity index (χ2n) is 8.72. The molecule has 3 rings (SSSR count). The molecule has 1 aliphatic carbocycles. The number of piperazine rings is 1. The molecule has 2 N–H and O–H groups in total. The Hall–Kier alpha value is -2.08. The Labute approximate surface area is 168 Å². The van der Waals surface area contributed by atoms with Gasteiger partial charge in [-0.25, -0.2) is 0 Å². The molecule has 154 valence electrons. The van der Waals surface area contributed by atoms with E-state index in [-0.39, 0.29) is 17.9 Å². The highest BCUT2D eigenvalue weighted by Gasteiger charge is 2.37. The second-order valence-corrected chi connectivity index (χ2v) is 8.72. The van der Waals surface area contributed by atoms with Crippen LogP contribution in [0.25, 0.3) is 0 Å². The zero-order valence-corrected chi connectivity index (χ0v) is 17.5. The van der Waals surface area contributed by atoms with Crippen molar-refractivity contribution >= 4 is 23.2 Å². The summed E-state index contributed by atoms with van der Waals surface area (Å²) in [6.45, 7) is 7.52. The number of carbonyl (C=O) groups excluding carboxylic acids is 2. The molecule has 1 saturated heterocycles. The Morgan fingerprint density at radius 3 is 2.14 bits per heavy atom. The Kier molecular flexibility index (Phi) is 6.60. The van der Waals surface area contributed by atoms with E-state index in [1.165, 1.54) is 12.1 Å². The van der Waals surface area contributed by atoms with E-state index in [1.807, 2.05) is 24.3 Å². The number of nitrogens with one attached hydrogen (secondary N) is 2. The normalized spacial score (nSPS) is 19.3. The van der Waals surface area contributed by atoms with Crippen molar-refractivity contribution in [1.82, 2.24) is 10.2 Å². The molecule has 0 radical (unpaired) electrons. The first kappa shape index (κ1) is 20.6. The van der Waals surface area contributed by atoms with Crippen molar-refractivity contribution < 1.29 is 9.59 Å². The van der Waals surface area contributed by atoms with Gasteiger partial charge in [-0.15, -0.1) is 0 Å². The zero-order valence-electron chi connectivity index (χ0n) is 17.5. The van der Waals surface area contributed by atoms with Crippen molar-refractivity contribution in [3.63, 3.8) is 0 Å². The van der Waals surface area contributed by atoms with Crippen molar-refractivity contribution in [3.8, 4) is 0 Å². The highest BCUT2D eigenvalue weighted by molar-refractivity contribution is 6.09. The molecule has 6 nitrogen and oxygen atoms in total. The lowest BCUT2D eigenvalue weighted by atomic mass is 9.88. The van der Waals surface area contributed by atoms with Gasteiger partial charge in [0.25, 0.3) is 0 Å². The lowest BCUT2D eigenvalue weighted by Gasteiger charge is -2.34. The minimum atomic E-state index is -1.10. The van der Waals surface area contributed by atoms with Crippen LogP contribution in [0.5, 0.6) is 0 Å². The molecule has 0 aromatic heterocycles. The largest absolute Gasteiger partial charge is 0.369 e. The molecule has 0 atom stereocenters.